The van der Waals surface area contributed by atoms with Crippen LogP contribution < -0.4 is 38.7 Å². The average Bonchev–Trinajstić information content (AvgIpc) is 3.78. The summed E-state index contributed by atoms with van der Waals surface area (Å²) in [5, 5.41) is 37.0. The number of anilines is 2. The number of benzene rings is 1. The van der Waals surface area contributed by atoms with Crippen molar-refractivity contribution in [1.29, 1.82) is 0 Å². The molecule has 7 rings (SSSR count). The van der Waals surface area contributed by atoms with Gasteiger partial charge in [0.2, 0.25) is 17.6 Å². The summed E-state index contributed by atoms with van der Waals surface area (Å²) in [6.45, 7) is 2.02. The first-order valence-corrected chi connectivity index (χ1v) is 27.5. The van der Waals surface area contributed by atoms with E-state index in [4.69, 9.17) is 26.7 Å². The number of nitrogens with one attached hydrogen (secondary N) is 4. The van der Waals surface area contributed by atoms with Crippen molar-refractivity contribution in [3.63, 3.8) is 0 Å². The molecule has 422 valence electrons. The van der Waals surface area contributed by atoms with Crippen LogP contribution in [0.15, 0.2) is 57.7 Å². The molecule has 2 fully saturated rings. The van der Waals surface area contributed by atoms with Crippen molar-refractivity contribution in [2.24, 2.45) is 35.1 Å². The Morgan fingerprint density at radius 1 is 0.937 bits per heavy atom. The van der Waals surface area contributed by atoms with Crippen molar-refractivity contribution in [1.82, 2.24) is 35.5 Å². The van der Waals surface area contributed by atoms with Gasteiger partial charge in [0.1, 0.15) is 30.3 Å². The lowest BCUT2D eigenvalue weighted by molar-refractivity contribution is -0.146. The van der Waals surface area contributed by atoms with E-state index < -0.39 is 101 Å². The van der Waals surface area contributed by atoms with Crippen molar-refractivity contribution >= 4 is 103 Å². The van der Waals surface area contributed by atoms with E-state index >= 15 is 0 Å². The van der Waals surface area contributed by atoms with E-state index in [2.05, 4.69) is 35.9 Å². The number of hydrogen-bond donors (Lipinski definition) is 10. The number of aromatic amines is 1. The van der Waals surface area contributed by atoms with E-state index in [1.807, 2.05) is 4.90 Å². The number of H-pyrrole nitrogens is 1. The third-order valence-corrected chi connectivity index (χ3v) is 16.8. The number of primary amides is 1. The van der Waals surface area contributed by atoms with Crippen LogP contribution in [0.1, 0.15) is 80.8 Å². The first-order chi connectivity index (χ1) is 37.5. The quantitative estimate of drug-likeness (QED) is 0.0253. The molecule has 1 saturated carbocycles. The molecule has 2 aliphatic heterocycles. The van der Waals surface area contributed by atoms with Gasteiger partial charge in [-0.15, -0.1) is 0 Å². The Bertz CT molecular complexity index is 3100. The molecule has 0 unspecified atom stereocenters. The molecule has 3 amide bonds. The standard InChI is InChI=1S/C50H59N11O16S2/c1-22-29(41(67)37-31(20-77-49(53)75)50(76-2)30-14-25(30)19-61(50)39(37)40(22)66)4-3-13-78-79-21-34(47(73)74)58-44(69)24(16-36(64)65)15-35(63)32(51)11-9-28(62)10-12-33(46(71)72)57-43(68)23-5-7-26(8-6-23)54-17-27-18-55-42-38(56-27)45(70)60-48(52)59-42/h5-8,18,24-25,30-34,54H,3-4,9-17,19-21,51H2,1-2H3,(H2,53,75)(H,57,68)(H,58,69)(H,64,65)(H,71,72)(H,73,74)(H3,52,55,59,60,70)/t24-,25-,30-,31+,32-,33+,34-,50-/m0/s1. The molecule has 0 spiro atoms. The third-order valence-electron chi connectivity index (χ3n) is 14.3. The molecule has 27 nitrogen and oxygen atoms in total. The minimum atomic E-state index is -1.53. The maximum atomic E-state index is 14.1. The van der Waals surface area contributed by atoms with Crippen LogP contribution in [-0.2, 0) is 54.4 Å². The number of aromatic nitrogens is 4. The van der Waals surface area contributed by atoms with Gasteiger partial charge >= 0.3 is 24.0 Å². The number of ketones is 4. The smallest absolute Gasteiger partial charge is 0.404 e. The number of allylic oxidation sites excluding steroid dienone is 2. The Hall–Kier alpha value is -7.76. The summed E-state index contributed by atoms with van der Waals surface area (Å²) in [5.74, 6) is -9.83. The predicted octanol–water partition coefficient (Wildman–Crippen LogP) is 1.07. The Kier molecular flexibility index (Phi) is 18.9. The molecule has 3 aromatic rings. The lowest BCUT2D eigenvalue weighted by Crippen LogP contribution is -2.51. The monoisotopic (exact) mass is 1130 g/mol. The molecule has 2 aliphatic carbocycles. The predicted molar refractivity (Wildman–Crippen MR) is 282 cm³/mol. The number of rotatable bonds is 30. The number of piperidine rings is 1. The molecule has 1 aromatic carbocycles. The third kappa shape index (κ3) is 13.6. The number of aliphatic carboxylic acids is 3. The first kappa shape index (κ1) is 58.9. The second-order valence-electron chi connectivity index (χ2n) is 19.5. The molecule has 29 heteroatoms. The molecular formula is C50H59N11O16S2. The molecule has 4 aliphatic rings. The number of methoxy groups -OCH3 is 1. The molecule has 2 aromatic heterocycles. The van der Waals surface area contributed by atoms with Gasteiger partial charge in [-0.3, -0.25) is 43.3 Å². The Morgan fingerprint density at radius 3 is 2.32 bits per heavy atom. The number of nitrogens with zero attached hydrogens (tertiary/aromatic N) is 4. The van der Waals surface area contributed by atoms with Crippen molar-refractivity contribution in [2.75, 3.05) is 42.8 Å². The highest BCUT2D eigenvalue weighted by atomic mass is 33.1. The van der Waals surface area contributed by atoms with Crippen molar-refractivity contribution in [2.45, 2.75) is 95.1 Å². The van der Waals surface area contributed by atoms with Gasteiger partial charge in [0, 0.05) is 78.3 Å². The van der Waals surface area contributed by atoms with Crippen LogP contribution in [0.2, 0.25) is 0 Å². The van der Waals surface area contributed by atoms with Crippen molar-refractivity contribution < 1.29 is 72.7 Å². The average molecular weight is 1130 g/mol. The number of Topliss-reactive ketones (excluding diaryl/α,β-unsaturated/α-hetero) is 4. The van der Waals surface area contributed by atoms with E-state index in [9.17, 15) is 68.1 Å². The van der Waals surface area contributed by atoms with Crippen LogP contribution in [0, 0.1) is 23.7 Å². The minimum absolute atomic E-state index is 0.000972. The van der Waals surface area contributed by atoms with E-state index in [1.165, 1.54) is 36.2 Å². The van der Waals surface area contributed by atoms with Crippen LogP contribution in [-0.4, -0.2) is 155 Å². The van der Waals surface area contributed by atoms with Gasteiger partial charge in [-0.1, -0.05) is 21.6 Å². The van der Waals surface area contributed by atoms with Crippen LogP contribution in [0.4, 0.5) is 16.4 Å². The number of fused-ring (bicyclic) bond motifs is 5. The topological polar surface area (TPSA) is 439 Å². The SMILES string of the molecule is CO[C@@]12[C@H](COC(N)=O)C3=C(C(=O)C(C)=C(CCCSSC[C@H](NC(=O)[C@H](CC(=O)O)CC(=O)[C@@H](N)CCC(=O)CC[C@@H](NC(=O)c4ccc(NCc5cnc6nc(N)[nH]c(=O)c6n5)cc4)C(=O)O)C(=O)O)C3=O)N1C[C@@H]1C[C@@H]12. The number of amides is 3. The Labute approximate surface area is 457 Å². The molecule has 1 saturated heterocycles. The van der Waals surface area contributed by atoms with E-state index in [1.54, 1.807) is 19.1 Å². The van der Waals surface area contributed by atoms with E-state index in [-0.39, 0.29) is 108 Å². The lowest BCUT2D eigenvalue weighted by atomic mass is 9.79. The summed E-state index contributed by atoms with van der Waals surface area (Å²) in [6.07, 6.45) is -0.885. The fraction of sp³-hybridized carbons (Fsp3) is 0.480. The van der Waals surface area contributed by atoms with Gasteiger partial charge in [-0.2, -0.15) is 4.98 Å². The number of carbonyl (C=O) groups excluding carboxylic acids is 7. The van der Waals surface area contributed by atoms with Gasteiger partial charge in [-0.25, -0.2) is 24.4 Å². The minimum Gasteiger partial charge on any atom is -0.481 e. The molecule has 0 radical (unpaired) electrons. The fourth-order valence-electron chi connectivity index (χ4n) is 10.2. The second kappa shape index (κ2) is 25.4. The molecule has 0 bridgehead atoms. The van der Waals surface area contributed by atoms with E-state index in [0.717, 1.165) is 17.2 Å². The van der Waals surface area contributed by atoms with Crippen LogP contribution >= 0.6 is 21.6 Å². The number of hydrogen-bond acceptors (Lipinski definition) is 22. The highest BCUT2D eigenvalue weighted by molar-refractivity contribution is 8.76. The second-order valence-corrected chi connectivity index (χ2v) is 22.1. The van der Waals surface area contributed by atoms with Crippen LogP contribution in [0.3, 0.4) is 0 Å². The summed E-state index contributed by atoms with van der Waals surface area (Å²) in [5.41, 5.74) is 17.6. The first-order valence-electron chi connectivity index (χ1n) is 25.0. The zero-order chi connectivity index (χ0) is 57.5. The summed E-state index contributed by atoms with van der Waals surface area (Å²) < 4.78 is 11.3. The van der Waals surface area contributed by atoms with Gasteiger partial charge < -0.3 is 62.8 Å². The van der Waals surface area contributed by atoms with E-state index in [0.29, 0.717) is 41.2 Å². The van der Waals surface area contributed by atoms with Crippen LogP contribution in [0.25, 0.3) is 11.2 Å². The van der Waals surface area contributed by atoms with Gasteiger partial charge in [0.15, 0.2) is 22.7 Å². The molecule has 79 heavy (non-hydrogen) atoms. The maximum absolute atomic E-state index is 14.1. The summed E-state index contributed by atoms with van der Waals surface area (Å²) in [6, 6.07) is 1.66. The van der Waals surface area contributed by atoms with Gasteiger partial charge in [0.05, 0.1) is 48.4 Å². The number of carboxylic acid groups (broad SMARTS) is 3. The highest BCUT2D eigenvalue weighted by Crippen LogP contribution is 2.65. The largest absolute Gasteiger partial charge is 0.481 e. The van der Waals surface area contributed by atoms with Crippen molar-refractivity contribution in [3.05, 3.63) is 74.5 Å². The summed E-state index contributed by atoms with van der Waals surface area (Å²) in [4.78, 5) is 157. The maximum Gasteiger partial charge on any atom is 0.404 e. The number of nitrogen functional groups attached to an aromatic ring is 1. The fourth-order valence-corrected chi connectivity index (χ4v) is 12.4. The normalized spacial score (nSPS) is 20.6. The lowest BCUT2D eigenvalue weighted by Gasteiger charge is -2.40. The highest BCUT2D eigenvalue weighted by Gasteiger charge is 2.72. The van der Waals surface area contributed by atoms with Gasteiger partial charge in [0.25, 0.3) is 11.5 Å². The van der Waals surface area contributed by atoms with Gasteiger partial charge in [-0.05, 0) is 69.2 Å². The summed E-state index contributed by atoms with van der Waals surface area (Å²) >= 11 is 0. The molecule has 13 N–H and O–H groups in total. The molecule has 4 heterocycles. The number of carbonyl (C=O) groups is 10. The zero-order valence-electron chi connectivity index (χ0n) is 42.8. The summed E-state index contributed by atoms with van der Waals surface area (Å²) in [7, 11) is 3.83. The molecule has 8 atom stereocenters. The molecular weight excluding hydrogens is 1070 g/mol. The van der Waals surface area contributed by atoms with Crippen molar-refractivity contribution in [3.8, 4) is 0 Å². The number of carboxylic acids is 3. The number of nitrogens with two attached hydrogens (primary N) is 3. The van der Waals surface area contributed by atoms with Crippen LogP contribution in [0.5, 0.6) is 0 Å². The number of ether oxygens (including phenoxy) is 2. The zero-order valence-corrected chi connectivity index (χ0v) is 44.4. The Balaban J connectivity index is 0.822. The Morgan fingerprint density at radius 2 is 1.65 bits per heavy atom.